The van der Waals surface area contributed by atoms with Crippen LogP contribution in [0.5, 0.6) is 5.75 Å². The number of phenols is 1. The molecule has 0 heterocycles. The molecule has 0 radical (unpaired) electrons. The maximum atomic E-state index is 9.74. The standard InChI is InChI=1S/C17H19Cl2NO/c1-4-15(12-5-6-13(18)14(19)9-12)20-16-7-11(3)17(21)8-10(16)2/h5-9,15,20-21H,4H2,1-3H3. The molecule has 112 valence electrons. The van der Waals surface area contributed by atoms with Gasteiger partial charge in [0.15, 0.2) is 0 Å². The Labute approximate surface area is 135 Å². The predicted octanol–water partition coefficient (Wildman–Crippen LogP) is 5.88. The maximum absolute atomic E-state index is 9.74. The molecule has 2 rings (SSSR count). The molecule has 0 aliphatic heterocycles. The van der Waals surface area contributed by atoms with Gasteiger partial charge in [0.2, 0.25) is 0 Å². The van der Waals surface area contributed by atoms with Crippen LogP contribution in [-0.2, 0) is 0 Å². The molecular weight excluding hydrogens is 305 g/mol. The third kappa shape index (κ3) is 3.63. The van der Waals surface area contributed by atoms with Crippen molar-refractivity contribution in [2.45, 2.75) is 33.2 Å². The highest BCUT2D eigenvalue weighted by Crippen LogP contribution is 2.31. The van der Waals surface area contributed by atoms with Crippen LogP contribution in [0.25, 0.3) is 0 Å². The summed E-state index contributed by atoms with van der Waals surface area (Å²) >= 11 is 12.1. The van der Waals surface area contributed by atoms with E-state index in [-0.39, 0.29) is 6.04 Å². The lowest BCUT2D eigenvalue weighted by Crippen LogP contribution is -2.10. The number of rotatable bonds is 4. The van der Waals surface area contributed by atoms with Crippen molar-refractivity contribution in [1.29, 1.82) is 0 Å². The fraction of sp³-hybridized carbons (Fsp3) is 0.294. The summed E-state index contributed by atoms with van der Waals surface area (Å²) < 4.78 is 0. The Morgan fingerprint density at radius 2 is 1.76 bits per heavy atom. The minimum absolute atomic E-state index is 0.141. The Morgan fingerprint density at radius 3 is 2.38 bits per heavy atom. The smallest absolute Gasteiger partial charge is 0.118 e. The SMILES string of the molecule is CCC(Nc1cc(C)c(O)cc1C)c1ccc(Cl)c(Cl)c1. The fourth-order valence-corrected chi connectivity index (χ4v) is 2.60. The van der Waals surface area contributed by atoms with Crippen LogP contribution in [0, 0.1) is 13.8 Å². The predicted molar refractivity (Wildman–Crippen MR) is 90.7 cm³/mol. The third-order valence-electron chi connectivity index (χ3n) is 3.63. The average molecular weight is 324 g/mol. The zero-order valence-corrected chi connectivity index (χ0v) is 13.9. The van der Waals surface area contributed by atoms with E-state index in [1.54, 1.807) is 6.07 Å². The number of hydrogen-bond donors (Lipinski definition) is 2. The molecule has 0 bridgehead atoms. The first-order valence-electron chi connectivity index (χ1n) is 6.94. The quantitative estimate of drug-likeness (QED) is 0.688. The van der Waals surface area contributed by atoms with Gasteiger partial charge in [-0.1, -0.05) is 36.2 Å². The van der Waals surface area contributed by atoms with Crippen LogP contribution in [0.3, 0.4) is 0 Å². The number of benzene rings is 2. The molecule has 21 heavy (non-hydrogen) atoms. The van der Waals surface area contributed by atoms with Gasteiger partial charge in [0.05, 0.1) is 16.1 Å². The lowest BCUT2D eigenvalue weighted by atomic mass is 10.0. The second-order valence-corrected chi connectivity index (χ2v) is 6.05. The lowest BCUT2D eigenvalue weighted by Gasteiger charge is -2.21. The molecule has 2 aromatic carbocycles. The van der Waals surface area contributed by atoms with Crippen LogP contribution < -0.4 is 5.32 Å². The van der Waals surface area contributed by atoms with Crippen molar-refractivity contribution in [3.63, 3.8) is 0 Å². The number of aromatic hydroxyl groups is 1. The highest BCUT2D eigenvalue weighted by molar-refractivity contribution is 6.42. The highest BCUT2D eigenvalue weighted by atomic mass is 35.5. The van der Waals surface area contributed by atoms with Gasteiger partial charge < -0.3 is 10.4 Å². The summed E-state index contributed by atoms with van der Waals surface area (Å²) in [6, 6.07) is 9.58. The highest BCUT2D eigenvalue weighted by Gasteiger charge is 2.13. The molecule has 0 saturated heterocycles. The van der Waals surface area contributed by atoms with Crippen molar-refractivity contribution >= 4 is 28.9 Å². The van der Waals surface area contributed by atoms with Crippen LogP contribution >= 0.6 is 23.2 Å². The van der Waals surface area contributed by atoms with Gasteiger partial charge in [-0.05, 0) is 61.2 Å². The number of hydrogen-bond acceptors (Lipinski definition) is 2. The zero-order valence-electron chi connectivity index (χ0n) is 12.4. The van der Waals surface area contributed by atoms with Gasteiger partial charge in [-0.2, -0.15) is 0 Å². The molecule has 0 saturated carbocycles. The van der Waals surface area contributed by atoms with Crippen molar-refractivity contribution in [1.82, 2.24) is 0 Å². The van der Waals surface area contributed by atoms with Crippen LogP contribution in [0.1, 0.15) is 36.1 Å². The molecule has 0 aliphatic rings. The number of anilines is 1. The van der Waals surface area contributed by atoms with Crippen LogP contribution in [-0.4, -0.2) is 5.11 Å². The number of halogens is 2. The molecule has 1 atom stereocenters. The summed E-state index contributed by atoms with van der Waals surface area (Å²) in [5.74, 6) is 0.320. The molecule has 0 aliphatic carbocycles. The number of nitrogens with one attached hydrogen (secondary N) is 1. The molecule has 4 heteroatoms. The Morgan fingerprint density at radius 1 is 1.05 bits per heavy atom. The van der Waals surface area contributed by atoms with Crippen LogP contribution in [0.15, 0.2) is 30.3 Å². The van der Waals surface area contributed by atoms with E-state index >= 15 is 0 Å². The fourth-order valence-electron chi connectivity index (χ4n) is 2.29. The Hall–Kier alpha value is -1.38. The largest absolute Gasteiger partial charge is 0.508 e. The summed E-state index contributed by atoms with van der Waals surface area (Å²) in [5.41, 5.74) is 3.98. The van der Waals surface area contributed by atoms with Gasteiger partial charge in [0, 0.05) is 5.69 Å². The minimum atomic E-state index is 0.141. The van der Waals surface area contributed by atoms with Gasteiger partial charge in [-0.15, -0.1) is 0 Å². The first kappa shape index (κ1) is 16.0. The topological polar surface area (TPSA) is 32.3 Å². The normalized spacial score (nSPS) is 12.2. The van der Waals surface area contributed by atoms with Crippen LogP contribution in [0.2, 0.25) is 10.0 Å². The molecule has 2 nitrogen and oxygen atoms in total. The second-order valence-electron chi connectivity index (χ2n) is 5.23. The molecule has 0 spiro atoms. The number of phenolic OH excluding ortho intramolecular Hbond substituents is 1. The molecule has 1 unspecified atom stereocenters. The minimum Gasteiger partial charge on any atom is -0.508 e. The molecular formula is C17H19Cl2NO. The van der Waals surface area contributed by atoms with E-state index in [2.05, 4.69) is 12.2 Å². The Kier molecular flexibility index (Phi) is 5.02. The second kappa shape index (κ2) is 6.59. The molecule has 0 fully saturated rings. The van der Waals surface area contributed by atoms with E-state index in [0.717, 1.165) is 28.8 Å². The Balaban J connectivity index is 2.31. The zero-order chi connectivity index (χ0) is 15.6. The lowest BCUT2D eigenvalue weighted by molar-refractivity contribution is 0.470. The monoisotopic (exact) mass is 323 g/mol. The van der Waals surface area contributed by atoms with Crippen molar-refractivity contribution in [2.75, 3.05) is 5.32 Å². The summed E-state index contributed by atoms with van der Waals surface area (Å²) in [7, 11) is 0. The van der Waals surface area contributed by atoms with E-state index in [0.29, 0.717) is 15.8 Å². The van der Waals surface area contributed by atoms with E-state index in [1.165, 1.54) is 0 Å². The van der Waals surface area contributed by atoms with Crippen molar-refractivity contribution in [3.8, 4) is 5.75 Å². The summed E-state index contributed by atoms with van der Waals surface area (Å²) in [6.07, 6.45) is 0.914. The van der Waals surface area contributed by atoms with E-state index in [1.807, 2.05) is 38.1 Å². The van der Waals surface area contributed by atoms with E-state index in [4.69, 9.17) is 23.2 Å². The van der Waals surface area contributed by atoms with Crippen molar-refractivity contribution in [2.24, 2.45) is 0 Å². The van der Waals surface area contributed by atoms with E-state index < -0.39 is 0 Å². The number of aryl methyl sites for hydroxylation is 2. The van der Waals surface area contributed by atoms with E-state index in [9.17, 15) is 5.11 Å². The van der Waals surface area contributed by atoms with Gasteiger partial charge >= 0.3 is 0 Å². The molecule has 2 N–H and O–H groups in total. The summed E-state index contributed by atoms with van der Waals surface area (Å²) in [6.45, 7) is 5.98. The van der Waals surface area contributed by atoms with Gasteiger partial charge in [0.25, 0.3) is 0 Å². The summed E-state index contributed by atoms with van der Waals surface area (Å²) in [5, 5.41) is 14.4. The van der Waals surface area contributed by atoms with Crippen molar-refractivity contribution < 1.29 is 5.11 Å². The molecule has 0 amide bonds. The third-order valence-corrected chi connectivity index (χ3v) is 4.37. The first-order valence-corrected chi connectivity index (χ1v) is 7.69. The maximum Gasteiger partial charge on any atom is 0.118 e. The van der Waals surface area contributed by atoms with Crippen molar-refractivity contribution in [3.05, 3.63) is 57.1 Å². The van der Waals surface area contributed by atoms with Gasteiger partial charge in [-0.25, -0.2) is 0 Å². The molecule has 0 aromatic heterocycles. The van der Waals surface area contributed by atoms with Gasteiger partial charge in [-0.3, -0.25) is 0 Å². The van der Waals surface area contributed by atoms with Gasteiger partial charge in [0.1, 0.15) is 5.75 Å². The average Bonchev–Trinajstić information content (AvgIpc) is 2.44. The molecule has 2 aromatic rings. The Bertz CT molecular complexity index is 655. The first-order chi connectivity index (χ1) is 9.92. The summed E-state index contributed by atoms with van der Waals surface area (Å²) in [4.78, 5) is 0. The van der Waals surface area contributed by atoms with Crippen LogP contribution in [0.4, 0.5) is 5.69 Å².